The molecule has 200 valence electrons. The van der Waals surface area contributed by atoms with E-state index in [2.05, 4.69) is 20.9 Å². The second-order valence-corrected chi connectivity index (χ2v) is 9.18. The molecule has 4 atom stereocenters. The Morgan fingerprint density at radius 1 is 0.886 bits per heavy atom. The van der Waals surface area contributed by atoms with Crippen molar-refractivity contribution < 1.29 is 29.1 Å². The number of carboxylic acids is 1. The number of hydrogen-bond donors (Lipinski definition) is 8. The first-order valence-corrected chi connectivity index (χ1v) is 12.4. The Hall–Kier alpha value is -3.07. The topological polar surface area (TPSA) is 258 Å². The molecule has 15 heteroatoms. The number of thioether (sulfide) groups is 1. The van der Waals surface area contributed by atoms with Gasteiger partial charge in [-0.15, -0.1) is 0 Å². The van der Waals surface area contributed by atoms with Crippen LogP contribution in [0.1, 0.15) is 39.5 Å². The van der Waals surface area contributed by atoms with Crippen molar-refractivity contribution in [1.29, 1.82) is 0 Å². The van der Waals surface area contributed by atoms with Gasteiger partial charge in [0.25, 0.3) is 0 Å². The number of nitrogens with one attached hydrogen (secondary N) is 3. The van der Waals surface area contributed by atoms with Crippen molar-refractivity contribution in [3.05, 3.63) is 0 Å². The van der Waals surface area contributed by atoms with Gasteiger partial charge in [0, 0.05) is 6.54 Å². The summed E-state index contributed by atoms with van der Waals surface area (Å²) in [6, 6.07) is -4.58. The van der Waals surface area contributed by atoms with E-state index in [1.54, 1.807) is 13.8 Å². The zero-order valence-electron chi connectivity index (χ0n) is 20.3. The lowest BCUT2D eigenvalue weighted by Gasteiger charge is -2.25. The third-order valence-electron chi connectivity index (χ3n) is 4.86. The van der Waals surface area contributed by atoms with Gasteiger partial charge in [0.15, 0.2) is 5.96 Å². The molecule has 4 unspecified atom stereocenters. The van der Waals surface area contributed by atoms with Crippen LogP contribution in [0.15, 0.2) is 4.99 Å². The maximum absolute atomic E-state index is 13.0. The first-order chi connectivity index (χ1) is 16.3. The van der Waals surface area contributed by atoms with Crippen molar-refractivity contribution >= 4 is 47.3 Å². The summed E-state index contributed by atoms with van der Waals surface area (Å²) in [7, 11) is 0. The summed E-state index contributed by atoms with van der Waals surface area (Å²) in [5.41, 5.74) is 21.5. The minimum atomic E-state index is -1.58. The standard InChI is InChI=1S/C20H38N8O6S/c1-10(2)15(22)18(32)27-12(6-8-35-3)17(31)26-11(5-4-7-25-20(23)24)16(30)28-13(19(33)34)9-14(21)29/h10-13,15H,4-9,22H2,1-3H3,(H2,21,29)(H,26,31)(H,27,32)(H,28,30)(H,33,34)(H4,23,24,25). The van der Waals surface area contributed by atoms with Gasteiger partial charge >= 0.3 is 5.97 Å². The number of carbonyl (C=O) groups excluding carboxylic acids is 4. The number of primary amides is 1. The van der Waals surface area contributed by atoms with Crippen molar-refractivity contribution in [3.63, 3.8) is 0 Å². The number of hydrogen-bond acceptors (Lipinski definition) is 8. The van der Waals surface area contributed by atoms with Gasteiger partial charge in [-0.3, -0.25) is 24.2 Å². The lowest BCUT2D eigenvalue weighted by molar-refractivity contribution is -0.143. The van der Waals surface area contributed by atoms with Gasteiger partial charge in [-0.25, -0.2) is 4.79 Å². The molecule has 0 saturated heterocycles. The predicted octanol–water partition coefficient (Wildman–Crippen LogP) is -2.81. The molecule has 4 amide bonds. The molecule has 14 nitrogen and oxygen atoms in total. The Morgan fingerprint density at radius 2 is 1.40 bits per heavy atom. The average molecular weight is 519 g/mol. The first kappa shape index (κ1) is 31.9. The van der Waals surface area contributed by atoms with E-state index in [0.717, 1.165) is 0 Å². The van der Waals surface area contributed by atoms with Gasteiger partial charge in [-0.05, 0) is 37.2 Å². The van der Waals surface area contributed by atoms with Crippen LogP contribution in [-0.2, 0) is 24.0 Å². The molecular formula is C20H38N8O6S. The van der Waals surface area contributed by atoms with Crippen LogP contribution in [0.2, 0.25) is 0 Å². The van der Waals surface area contributed by atoms with E-state index in [4.69, 9.17) is 22.9 Å². The molecule has 0 aromatic heterocycles. The number of aliphatic imine (C=N–C) groups is 1. The zero-order valence-corrected chi connectivity index (χ0v) is 21.1. The number of carboxylic acid groups (broad SMARTS) is 1. The lowest BCUT2D eigenvalue weighted by atomic mass is 10.0. The molecule has 35 heavy (non-hydrogen) atoms. The number of guanidine groups is 1. The molecule has 0 aliphatic heterocycles. The second-order valence-electron chi connectivity index (χ2n) is 8.19. The Bertz CT molecular complexity index is 775. The molecule has 0 spiro atoms. The molecular weight excluding hydrogens is 480 g/mol. The van der Waals surface area contributed by atoms with Gasteiger partial charge < -0.3 is 44.0 Å². The summed E-state index contributed by atoms with van der Waals surface area (Å²) in [4.78, 5) is 64.6. The van der Waals surface area contributed by atoms with Crippen LogP contribution in [-0.4, -0.2) is 83.4 Å². The predicted molar refractivity (Wildman–Crippen MR) is 133 cm³/mol. The minimum absolute atomic E-state index is 0.0476. The van der Waals surface area contributed by atoms with E-state index >= 15 is 0 Å². The molecule has 0 aliphatic carbocycles. The zero-order chi connectivity index (χ0) is 27.1. The van der Waals surface area contributed by atoms with Crippen LogP contribution in [0, 0.1) is 5.92 Å². The van der Waals surface area contributed by atoms with Crippen LogP contribution < -0.4 is 38.9 Å². The maximum atomic E-state index is 13.0. The Labute approximate surface area is 208 Å². The van der Waals surface area contributed by atoms with E-state index in [-0.39, 0.29) is 37.7 Å². The van der Waals surface area contributed by atoms with E-state index in [1.165, 1.54) is 11.8 Å². The highest BCUT2D eigenvalue weighted by atomic mass is 32.2. The SMILES string of the molecule is CSCCC(NC(=O)C(N)C(C)C)C(=O)NC(CCCN=C(N)N)C(=O)NC(CC(N)=O)C(=O)O. The van der Waals surface area contributed by atoms with Crippen LogP contribution in [0.5, 0.6) is 0 Å². The quantitative estimate of drug-likeness (QED) is 0.0556. The molecule has 0 fully saturated rings. The fraction of sp³-hybridized carbons (Fsp3) is 0.700. The summed E-state index contributed by atoms with van der Waals surface area (Å²) >= 11 is 1.46. The maximum Gasteiger partial charge on any atom is 0.326 e. The summed E-state index contributed by atoms with van der Waals surface area (Å²) in [6.45, 7) is 3.69. The highest BCUT2D eigenvalue weighted by Gasteiger charge is 2.31. The second kappa shape index (κ2) is 16.5. The molecule has 12 N–H and O–H groups in total. The number of amides is 4. The number of nitrogens with two attached hydrogens (primary N) is 4. The number of nitrogens with zero attached hydrogens (tertiary/aromatic N) is 1. The van der Waals surface area contributed by atoms with E-state index < -0.39 is 60.2 Å². The van der Waals surface area contributed by atoms with Crippen LogP contribution >= 0.6 is 11.8 Å². The van der Waals surface area contributed by atoms with E-state index in [9.17, 15) is 29.1 Å². The Kier molecular flexibility index (Phi) is 15.1. The van der Waals surface area contributed by atoms with Gasteiger partial charge in [0.05, 0.1) is 12.5 Å². The molecule has 0 rings (SSSR count). The van der Waals surface area contributed by atoms with Crippen molar-refractivity contribution in [1.82, 2.24) is 16.0 Å². The largest absolute Gasteiger partial charge is 0.480 e. The summed E-state index contributed by atoms with van der Waals surface area (Å²) < 4.78 is 0. The summed E-state index contributed by atoms with van der Waals surface area (Å²) in [6.07, 6.45) is 1.79. The number of carbonyl (C=O) groups is 5. The Balaban J connectivity index is 5.62. The Morgan fingerprint density at radius 3 is 1.86 bits per heavy atom. The normalized spacial score (nSPS) is 14.2. The van der Waals surface area contributed by atoms with Crippen LogP contribution in [0.25, 0.3) is 0 Å². The first-order valence-electron chi connectivity index (χ1n) is 11.0. The monoisotopic (exact) mass is 518 g/mol. The number of rotatable bonds is 17. The van der Waals surface area contributed by atoms with Crippen molar-refractivity contribution in [2.45, 2.75) is 63.7 Å². The molecule has 0 aliphatic rings. The third kappa shape index (κ3) is 13.4. The molecule has 0 heterocycles. The smallest absolute Gasteiger partial charge is 0.326 e. The van der Waals surface area contributed by atoms with Crippen molar-refractivity contribution in [2.75, 3.05) is 18.6 Å². The van der Waals surface area contributed by atoms with Crippen molar-refractivity contribution in [3.8, 4) is 0 Å². The highest BCUT2D eigenvalue weighted by Crippen LogP contribution is 2.07. The molecule has 0 radical (unpaired) electrons. The summed E-state index contributed by atoms with van der Waals surface area (Å²) in [5, 5.41) is 16.6. The molecule has 0 bridgehead atoms. The minimum Gasteiger partial charge on any atom is -0.480 e. The molecule has 0 aromatic carbocycles. The van der Waals surface area contributed by atoms with E-state index in [0.29, 0.717) is 5.75 Å². The van der Waals surface area contributed by atoms with Crippen molar-refractivity contribution in [2.24, 2.45) is 33.8 Å². The number of aliphatic carboxylic acids is 1. The van der Waals surface area contributed by atoms with Gasteiger partial charge in [0.1, 0.15) is 18.1 Å². The van der Waals surface area contributed by atoms with Crippen LogP contribution in [0.4, 0.5) is 0 Å². The van der Waals surface area contributed by atoms with Crippen LogP contribution in [0.3, 0.4) is 0 Å². The molecule has 0 aromatic rings. The van der Waals surface area contributed by atoms with Gasteiger partial charge in [-0.1, -0.05) is 13.8 Å². The van der Waals surface area contributed by atoms with Gasteiger partial charge in [-0.2, -0.15) is 11.8 Å². The van der Waals surface area contributed by atoms with E-state index in [1.807, 2.05) is 6.26 Å². The fourth-order valence-electron chi connectivity index (χ4n) is 2.79. The average Bonchev–Trinajstić information content (AvgIpc) is 2.76. The lowest BCUT2D eigenvalue weighted by Crippen LogP contribution is -2.57. The molecule has 0 saturated carbocycles. The van der Waals surface area contributed by atoms with Gasteiger partial charge in [0.2, 0.25) is 23.6 Å². The summed E-state index contributed by atoms with van der Waals surface area (Å²) in [5.74, 6) is -4.16. The highest BCUT2D eigenvalue weighted by molar-refractivity contribution is 7.98. The fourth-order valence-corrected chi connectivity index (χ4v) is 3.26. The third-order valence-corrected chi connectivity index (χ3v) is 5.51.